The van der Waals surface area contributed by atoms with Crippen LogP contribution in [0.2, 0.25) is 0 Å². The molecule has 0 aliphatic rings. The fourth-order valence-electron chi connectivity index (χ4n) is 2.16. The van der Waals surface area contributed by atoms with E-state index in [0.717, 1.165) is 24.4 Å². The van der Waals surface area contributed by atoms with Gasteiger partial charge in [0.25, 0.3) is 0 Å². The number of carbonyl (C=O) groups is 1. The molecule has 3 N–H and O–H groups in total. The number of nitrogens with one attached hydrogen (secondary N) is 1. The number of aryl methyl sites for hydroxylation is 1. The van der Waals surface area contributed by atoms with E-state index in [4.69, 9.17) is 10.3 Å². The fourth-order valence-corrected chi connectivity index (χ4v) is 2.16. The van der Waals surface area contributed by atoms with Crippen molar-refractivity contribution in [2.45, 2.75) is 59.5 Å². The van der Waals surface area contributed by atoms with E-state index < -0.39 is 0 Å². The molecule has 0 saturated carbocycles. The van der Waals surface area contributed by atoms with Gasteiger partial charge in [0.05, 0.1) is 0 Å². The molecule has 1 amide bonds. The molecule has 0 radical (unpaired) electrons. The molecule has 0 aliphatic carbocycles. The van der Waals surface area contributed by atoms with E-state index in [9.17, 15) is 4.79 Å². The Morgan fingerprint density at radius 3 is 2.70 bits per heavy atom. The molecule has 0 bridgehead atoms. The van der Waals surface area contributed by atoms with Crippen LogP contribution in [0.4, 0.5) is 0 Å². The number of rotatable bonds is 8. The molecule has 114 valence electrons. The number of amides is 1. The molecule has 0 saturated heterocycles. The molecule has 1 aromatic rings. The normalized spacial score (nSPS) is 11.3. The molecular weight excluding hydrogens is 254 g/mol. The predicted octanol–water partition coefficient (Wildman–Crippen LogP) is 2.59. The first-order valence-electron chi connectivity index (χ1n) is 7.33. The van der Waals surface area contributed by atoms with Gasteiger partial charge in [-0.05, 0) is 39.8 Å². The van der Waals surface area contributed by atoms with Crippen LogP contribution in [0, 0.1) is 6.92 Å². The van der Waals surface area contributed by atoms with Gasteiger partial charge in [-0.3, -0.25) is 15.1 Å². The first kappa shape index (κ1) is 16.7. The summed E-state index contributed by atoms with van der Waals surface area (Å²) in [5.41, 5.74) is 3.14. The largest absolute Gasteiger partial charge is 0.456 e. The standard InChI is InChI=1S/C15H27N3O2/c1-5-6-7-8-18(11(2)3)10-13-9-14(15(19)17-16)20-12(13)4/h9,11H,5-8,10,16H2,1-4H3,(H,17,19). The van der Waals surface area contributed by atoms with Crippen molar-refractivity contribution in [1.29, 1.82) is 0 Å². The van der Waals surface area contributed by atoms with Gasteiger partial charge in [0.15, 0.2) is 5.76 Å². The maximum Gasteiger partial charge on any atom is 0.300 e. The summed E-state index contributed by atoms with van der Waals surface area (Å²) in [7, 11) is 0. The zero-order valence-electron chi connectivity index (χ0n) is 13.0. The zero-order valence-corrected chi connectivity index (χ0v) is 13.0. The second-order valence-corrected chi connectivity index (χ2v) is 5.44. The van der Waals surface area contributed by atoms with Crippen molar-refractivity contribution in [2.24, 2.45) is 5.84 Å². The van der Waals surface area contributed by atoms with E-state index in [1.165, 1.54) is 19.3 Å². The number of furan rings is 1. The van der Waals surface area contributed by atoms with Crippen LogP contribution >= 0.6 is 0 Å². The molecular formula is C15H27N3O2. The molecule has 1 heterocycles. The monoisotopic (exact) mass is 281 g/mol. The van der Waals surface area contributed by atoms with Crippen molar-refractivity contribution in [1.82, 2.24) is 10.3 Å². The number of unbranched alkanes of at least 4 members (excludes halogenated alkanes) is 2. The SMILES string of the molecule is CCCCCN(Cc1cc(C(=O)NN)oc1C)C(C)C. The molecule has 5 heteroatoms. The van der Waals surface area contributed by atoms with Gasteiger partial charge in [-0.1, -0.05) is 19.8 Å². The van der Waals surface area contributed by atoms with Crippen molar-refractivity contribution in [3.05, 3.63) is 23.2 Å². The topological polar surface area (TPSA) is 71.5 Å². The Hall–Kier alpha value is -1.33. The first-order chi connectivity index (χ1) is 9.49. The first-order valence-corrected chi connectivity index (χ1v) is 7.33. The molecule has 1 rings (SSSR count). The van der Waals surface area contributed by atoms with Gasteiger partial charge in [-0.15, -0.1) is 0 Å². The van der Waals surface area contributed by atoms with E-state index in [0.29, 0.717) is 6.04 Å². The van der Waals surface area contributed by atoms with Gasteiger partial charge in [0.1, 0.15) is 5.76 Å². The number of nitrogens with zero attached hydrogens (tertiary/aromatic N) is 1. The highest BCUT2D eigenvalue weighted by molar-refractivity contribution is 5.91. The fraction of sp³-hybridized carbons (Fsp3) is 0.667. The van der Waals surface area contributed by atoms with E-state index in [1.54, 1.807) is 6.07 Å². The summed E-state index contributed by atoms with van der Waals surface area (Å²) >= 11 is 0. The highest BCUT2D eigenvalue weighted by atomic mass is 16.4. The minimum Gasteiger partial charge on any atom is -0.456 e. The Labute approximate surface area is 121 Å². The lowest BCUT2D eigenvalue weighted by Crippen LogP contribution is -2.31. The minimum absolute atomic E-state index is 0.275. The second-order valence-electron chi connectivity index (χ2n) is 5.44. The number of nitrogen functional groups attached to an aromatic ring is 1. The van der Waals surface area contributed by atoms with E-state index in [-0.39, 0.29) is 11.7 Å². The number of carbonyl (C=O) groups excluding carboxylic acids is 1. The number of nitrogens with two attached hydrogens (primary N) is 1. The number of hydrogen-bond donors (Lipinski definition) is 2. The average molecular weight is 281 g/mol. The van der Waals surface area contributed by atoms with E-state index >= 15 is 0 Å². The van der Waals surface area contributed by atoms with E-state index in [2.05, 4.69) is 31.1 Å². The van der Waals surface area contributed by atoms with Crippen molar-refractivity contribution < 1.29 is 9.21 Å². The average Bonchev–Trinajstić information content (AvgIpc) is 2.78. The van der Waals surface area contributed by atoms with Crippen LogP contribution in [0.15, 0.2) is 10.5 Å². The van der Waals surface area contributed by atoms with Crippen LogP contribution in [0.3, 0.4) is 0 Å². The Bertz CT molecular complexity index is 427. The van der Waals surface area contributed by atoms with Crippen molar-refractivity contribution in [2.75, 3.05) is 6.54 Å². The Morgan fingerprint density at radius 1 is 1.45 bits per heavy atom. The van der Waals surface area contributed by atoms with Gasteiger partial charge < -0.3 is 4.42 Å². The molecule has 5 nitrogen and oxygen atoms in total. The summed E-state index contributed by atoms with van der Waals surface area (Å²) in [6.45, 7) is 10.3. The maximum atomic E-state index is 11.5. The van der Waals surface area contributed by atoms with Crippen LogP contribution in [-0.4, -0.2) is 23.4 Å². The lowest BCUT2D eigenvalue weighted by atomic mass is 10.1. The van der Waals surface area contributed by atoms with Gasteiger partial charge in [-0.2, -0.15) is 0 Å². The lowest BCUT2D eigenvalue weighted by Gasteiger charge is -2.26. The van der Waals surface area contributed by atoms with Gasteiger partial charge in [0.2, 0.25) is 0 Å². The summed E-state index contributed by atoms with van der Waals surface area (Å²) < 4.78 is 5.45. The van der Waals surface area contributed by atoms with Crippen LogP contribution < -0.4 is 11.3 Å². The Kier molecular flexibility index (Phi) is 6.75. The third kappa shape index (κ3) is 4.65. The molecule has 0 spiro atoms. The Morgan fingerprint density at radius 2 is 2.15 bits per heavy atom. The highest BCUT2D eigenvalue weighted by Gasteiger charge is 2.17. The molecule has 20 heavy (non-hydrogen) atoms. The maximum absolute atomic E-state index is 11.5. The van der Waals surface area contributed by atoms with Crippen LogP contribution in [0.5, 0.6) is 0 Å². The van der Waals surface area contributed by atoms with Crippen molar-refractivity contribution in [3.8, 4) is 0 Å². The molecule has 0 fully saturated rings. The summed E-state index contributed by atoms with van der Waals surface area (Å²) in [5.74, 6) is 5.79. The van der Waals surface area contributed by atoms with Crippen molar-refractivity contribution in [3.63, 3.8) is 0 Å². The third-order valence-electron chi connectivity index (χ3n) is 3.53. The summed E-state index contributed by atoms with van der Waals surface area (Å²) in [5, 5.41) is 0. The van der Waals surface area contributed by atoms with Crippen LogP contribution in [0.25, 0.3) is 0 Å². The van der Waals surface area contributed by atoms with E-state index in [1.807, 2.05) is 6.92 Å². The van der Waals surface area contributed by atoms with Crippen molar-refractivity contribution >= 4 is 5.91 Å². The quantitative estimate of drug-likeness (QED) is 0.332. The van der Waals surface area contributed by atoms with Gasteiger partial charge in [0, 0.05) is 18.2 Å². The highest BCUT2D eigenvalue weighted by Crippen LogP contribution is 2.18. The molecule has 0 unspecified atom stereocenters. The third-order valence-corrected chi connectivity index (χ3v) is 3.53. The molecule has 0 aliphatic heterocycles. The minimum atomic E-state index is -0.388. The van der Waals surface area contributed by atoms with Crippen LogP contribution in [0.1, 0.15) is 61.9 Å². The number of hydrazine groups is 1. The lowest BCUT2D eigenvalue weighted by molar-refractivity contribution is 0.0924. The van der Waals surface area contributed by atoms with Crippen LogP contribution in [-0.2, 0) is 6.54 Å². The molecule has 0 aromatic carbocycles. The predicted molar refractivity (Wildman–Crippen MR) is 80.2 cm³/mol. The summed E-state index contributed by atoms with van der Waals surface area (Å²) in [6, 6.07) is 2.25. The Balaban J connectivity index is 2.72. The van der Waals surface area contributed by atoms with Gasteiger partial charge in [-0.25, -0.2) is 5.84 Å². The summed E-state index contributed by atoms with van der Waals surface area (Å²) in [4.78, 5) is 13.9. The molecule has 1 aromatic heterocycles. The zero-order chi connectivity index (χ0) is 15.1. The summed E-state index contributed by atoms with van der Waals surface area (Å²) in [6.07, 6.45) is 3.66. The smallest absolute Gasteiger partial charge is 0.300 e. The van der Waals surface area contributed by atoms with Gasteiger partial charge >= 0.3 is 5.91 Å². The number of hydrogen-bond acceptors (Lipinski definition) is 4. The second kappa shape index (κ2) is 8.07. The molecule has 0 atom stereocenters.